The minimum absolute atomic E-state index is 0.0583. The topological polar surface area (TPSA) is 42.0 Å². The average molecular weight is 350 g/mol. The van der Waals surface area contributed by atoms with Gasteiger partial charge in [-0.3, -0.25) is 10.1 Å². The number of nitrogens with one attached hydrogen (secondary N) is 1. The number of rotatable bonds is 2. The van der Waals surface area contributed by atoms with E-state index in [1.165, 1.54) is 23.5 Å². The Labute approximate surface area is 140 Å². The lowest BCUT2D eigenvalue weighted by atomic mass is 10.1. The molecule has 0 saturated heterocycles. The van der Waals surface area contributed by atoms with Crippen LogP contribution in [0.2, 0.25) is 0 Å². The van der Waals surface area contributed by atoms with Crippen molar-refractivity contribution in [3.63, 3.8) is 0 Å². The van der Waals surface area contributed by atoms with Gasteiger partial charge in [0.25, 0.3) is 5.91 Å². The normalized spacial score (nSPS) is 11.7. The van der Waals surface area contributed by atoms with E-state index in [1.807, 2.05) is 26.0 Å². The molecule has 7 heteroatoms. The monoisotopic (exact) mass is 350 g/mol. The number of nitrogens with zero attached hydrogens (tertiary/aromatic N) is 1. The molecule has 24 heavy (non-hydrogen) atoms. The van der Waals surface area contributed by atoms with E-state index in [4.69, 9.17) is 0 Å². The van der Waals surface area contributed by atoms with Gasteiger partial charge in [-0.25, -0.2) is 4.98 Å². The van der Waals surface area contributed by atoms with E-state index in [2.05, 4.69) is 10.3 Å². The fourth-order valence-electron chi connectivity index (χ4n) is 2.44. The van der Waals surface area contributed by atoms with Crippen molar-refractivity contribution in [1.82, 2.24) is 4.98 Å². The van der Waals surface area contributed by atoms with Gasteiger partial charge in [0.1, 0.15) is 0 Å². The molecule has 3 aromatic rings. The summed E-state index contributed by atoms with van der Waals surface area (Å²) in [5, 5.41) is 2.94. The molecule has 0 bridgehead atoms. The summed E-state index contributed by atoms with van der Waals surface area (Å²) in [5.41, 5.74) is 1.95. The summed E-state index contributed by atoms with van der Waals surface area (Å²) in [7, 11) is 0. The number of hydrogen-bond donors (Lipinski definition) is 1. The number of carbonyl (C=O) groups excluding carboxylic acids is 1. The molecule has 3 rings (SSSR count). The number of amides is 1. The maximum absolute atomic E-state index is 12.7. The first-order chi connectivity index (χ1) is 11.2. The van der Waals surface area contributed by atoms with Gasteiger partial charge in [0.15, 0.2) is 5.13 Å². The average Bonchev–Trinajstić information content (AvgIpc) is 2.89. The summed E-state index contributed by atoms with van der Waals surface area (Å²) in [5.74, 6) is -0.616. The van der Waals surface area contributed by atoms with Gasteiger partial charge >= 0.3 is 6.18 Å². The summed E-state index contributed by atoms with van der Waals surface area (Å²) in [4.78, 5) is 16.5. The smallest absolute Gasteiger partial charge is 0.298 e. The lowest BCUT2D eigenvalue weighted by Crippen LogP contribution is -2.13. The zero-order chi connectivity index (χ0) is 17.5. The van der Waals surface area contributed by atoms with Crippen molar-refractivity contribution in [2.45, 2.75) is 20.0 Å². The van der Waals surface area contributed by atoms with Crippen molar-refractivity contribution in [2.24, 2.45) is 0 Å². The zero-order valence-corrected chi connectivity index (χ0v) is 13.7. The summed E-state index contributed by atoms with van der Waals surface area (Å²) in [6.45, 7) is 3.90. The third kappa shape index (κ3) is 3.26. The largest absolute Gasteiger partial charge is 0.416 e. The van der Waals surface area contributed by atoms with E-state index >= 15 is 0 Å². The van der Waals surface area contributed by atoms with Crippen molar-refractivity contribution in [3.05, 3.63) is 58.7 Å². The maximum atomic E-state index is 12.7. The Hall–Kier alpha value is -2.41. The highest BCUT2D eigenvalue weighted by atomic mass is 32.1. The second kappa shape index (κ2) is 5.90. The number of fused-ring (bicyclic) bond motifs is 1. The predicted octanol–water partition coefficient (Wildman–Crippen LogP) is 5.18. The summed E-state index contributed by atoms with van der Waals surface area (Å²) >= 11 is 1.30. The van der Waals surface area contributed by atoms with Gasteiger partial charge in [0.2, 0.25) is 0 Å². The standard InChI is InChI=1S/C17H13F3N2OS/c1-9-6-10(2)14-13(7-9)21-16(24-14)22-15(23)11-4-3-5-12(8-11)17(18,19)20/h3-8H,1-2H3,(H,21,22,23). The van der Waals surface area contributed by atoms with Crippen molar-refractivity contribution in [1.29, 1.82) is 0 Å². The molecule has 0 saturated carbocycles. The van der Waals surface area contributed by atoms with Gasteiger partial charge in [0.05, 0.1) is 15.8 Å². The summed E-state index contributed by atoms with van der Waals surface area (Å²) in [6.07, 6.45) is -4.49. The van der Waals surface area contributed by atoms with Crippen molar-refractivity contribution in [2.75, 3.05) is 5.32 Å². The Morgan fingerprint density at radius 1 is 1.17 bits per heavy atom. The number of benzene rings is 2. The maximum Gasteiger partial charge on any atom is 0.416 e. The number of anilines is 1. The Balaban J connectivity index is 1.89. The molecule has 0 atom stereocenters. The lowest BCUT2D eigenvalue weighted by molar-refractivity contribution is -0.137. The van der Waals surface area contributed by atoms with Crippen LogP contribution in [0.1, 0.15) is 27.0 Å². The molecule has 2 aromatic carbocycles. The first-order valence-electron chi connectivity index (χ1n) is 7.10. The minimum Gasteiger partial charge on any atom is -0.298 e. The van der Waals surface area contributed by atoms with Gasteiger partial charge in [-0.05, 0) is 49.2 Å². The number of aryl methyl sites for hydroxylation is 2. The fraction of sp³-hybridized carbons (Fsp3) is 0.176. The number of hydrogen-bond acceptors (Lipinski definition) is 3. The van der Waals surface area contributed by atoms with E-state index in [9.17, 15) is 18.0 Å². The molecule has 1 N–H and O–H groups in total. The summed E-state index contributed by atoms with van der Waals surface area (Å²) < 4.78 is 39.2. The van der Waals surface area contributed by atoms with Crippen LogP contribution < -0.4 is 5.32 Å². The van der Waals surface area contributed by atoms with Crippen LogP contribution in [-0.4, -0.2) is 10.9 Å². The first-order valence-corrected chi connectivity index (χ1v) is 7.92. The van der Waals surface area contributed by atoms with E-state index in [0.717, 1.165) is 33.5 Å². The number of halogens is 3. The highest BCUT2D eigenvalue weighted by Crippen LogP contribution is 2.31. The van der Waals surface area contributed by atoms with Crippen LogP contribution in [0.25, 0.3) is 10.2 Å². The highest BCUT2D eigenvalue weighted by molar-refractivity contribution is 7.22. The number of carbonyl (C=O) groups is 1. The molecular weight excluding hydrogens is 337 g/mol. The zero-order valence-electron chi connectivity index (χ0n) is 12.9. The lowest BCUT2D eigenvalue weighted by Gasteiger charge is -2.08. The Bertz CT molecular complexity index is 931. The molecule has 124 valence electrons. The van der Waals surface area contributed by atoms with Gasteiger partial charge in [-0.2, -0.15) is 13.2 Å². The third-order valence-electron chi connectivity index (χ3n) is 3.49. The number of thiazole rings is 1. The van der Waals surface area contributed by atoms with Crippen LogP contribution in [0.4, 0.5) is 18.3 Å². The Kier molecular flexibility index (Phi) is 4.04. The fourth-order valence-corrected chi connectivity index (χ4v) is 3.35. The second-order valence-electron chi connectivity index (χ2n) is 5.48. The molecule has 0 spiro atoms. The number of alkyl halides is 3. The van der Waals surface area contributed by atoms with Crippen LogP contribution in [-0.2, 0) is 6.18 Å². The highest BCUT2D eigenvalue weighted by Gasteiger charge is 2.30. The first kappa shape index (κ1) is 16.4. The second-order valence-corrected chi connectivity index (χ2v) is 6.48. The van der Waals surface area contributed by atoms with Crippen LogP contribution in [0.5, 0.6) is 0 Å². The molecule has 0 aliphatic carbocycles. The molecule has 0 aliphatic rings. The van der Waals surface area contributed by atoms with Gasteiger partial charge < -0.3 is 0 Å². The van der Waals surface area contributed by atoms with Crippen LogP contribution in [0, 0.1) is 13.8 Å². The van der Waals surface area contributed by atoms with Gasteiger partial charge in [-0.1, -0.05) is 23.5 Å². The molecule has 3 nitrogen and oxygen atoms in total. The van der Waals surface area contributed by atoms with E-state index < -0.39 is 17.6 Å². The molecule has 0 unspecified atom stereocenters. The van der Waals surface area contributed by atoms with Crippen molar-refractivity contribution in [3.8, 4) is 0 Å². The van der Waals surface area contributed by atoms with Crippen LogP contribution in [0.15, 0.2) is 36.4 Å². The predicted molar refractivity (Wildman–Crippen MR) is 88.5 cm³/mol. The van der Waals surface area contributed by atoms with Gasteiger partial charge in [0, 0.05) is 5.56 Å². The molecule has 1 amide bonds. The Morgan fingerprint density at radius 2 is 1.92 bits per heavy atom. The third-order valence-corrected chi connectivity index (χ3v) is 4.61. The van der Waals surface area contributed by atoms with Crippen LogP contribution >= 0.6 is 11.3 Å². The molecule has 0 aliphatic heterocycles. The summed E-state index contributed by atoms with van der Waals surface area (Å²) in [6, 6.07) is 8.23. The number of aromatic nitrogens is 1. The molecule has 1 heterocycles. The molecular formula is C17H13F3N2OS. The van der Waals surface area contributed by atoms with Crippen LogP contribution in [0.3, 0.4) is 0 Å². The Morgan fingerprint density at radius 3 is 2.62 bits per heavy atom. The van der Waals surface area contributed by atoms with Crippen molar-refractivity contribution >= 4 is 32.6 Å². The molecule has 0 radical (unpaired) electrons. The SMILES string of the molecule is Cc1cc(C)c2sc(NC(=O)c3cccc(C(F)(F)F)c3)nc2c1. The molecule has 0 fully saturated rings. The van der Waals surface area contributed by atoms with E-state index in [-0.39, 0.29) is 5.56 Å². The van der Waals surface area contributed by atoms with E-state index in [0.29, 0.717) is 5.13 Å². The van der Waals surface area contributed by atoms with E-state index in [1.54, 1.807) is 0 Å². The molecule has 1 aromatic heterocycles. The van der Waals surface area contributed by atoms with Gasteiger partial charge in [-0.15, -0.1) is 0 Å². The minimum atomic E-state index is -4.49. The van der Waals surface area contributed by atoms with Crippen molar-refractivity contribution < 1.29 is 18.0 Å². The quantitative estimate of drug-likeness (QED) is 0.691.